The molecular weight excluding hydrogens is 520 g/mol. The van der Waals surface area contributed by atoms with Crippen molar-refractivity contribution in [3.05, 3.63) is 107 Å². The van der Waals surface area contributed by atoms with Crippen LogP contribution < -0.4 is 15.8 Å². The van der Waals surface area contributed by atoms with E-state index in [0.29, 0.717) is 40.2 Å². The largest absolute Gasteiger partial charge is 0.497 e. The van der Waals surface area contributed by atoms with Crippen molar-refractivity contribution in [2.24, 2.45) is 5.73 Å². The van der Waals surface area contributed by atoms with Gasteiger partial charge in [0.2, 0.25) is 0 Å². The lowest BCUT2D eigenvalue weighted by atomic mass is 9.82. The van der Waals surface area contributed by atoms with Crippen molar-refractivity contribution in [3.8, 4) is 16.9 Å². The number of amides is 1. The number of rotatable bonds is 10. The van der Waals surface area contributed by atoms with Crippen LogP contribution in [-0.4, -0.2) is 44.9 Å². The summed E-state index contributed by atoms with van der Waals surface area (Å²) in [4.78, 5) is 35.9. The van der Waals surface area contributed by atoms with E-state index >= 15 is 0 Å². The maximum Gasteiger partial charge on any atom is 0.336 e. The number of aromatic carboxylic acids is 1. The summed E-state index contributed by atoms with van der Waals surface area (Å²) in [6, 6.07) is 15.9. The van der Waals surface area contributed by atoms with E-state index in [1.165, 1.54) is 13.2 Å². The summed E-state index contributed by atoms with van der Waals surface area (Å²) in [6.07, 6.45) is 5.93. The Balaban J connectivity index is 1.65. The first kappa shape index (κ1) is 27.2. The van der Waals surface area contributed by atoms with Gasteiger partial charge in [0.1, 0.15) is 17.4 Å². The Labute approximate surface area is 236 Å². The van der Waals surface area contributed by atoms with Crippen molar-refractivity contribution < 1.29 is 19.4 Å². The Morgan fingerprint density at radius 1 is 1.05 bits per heavy atom. The highest BCUT2D eigenvalue weighted by Crippen LogP contribution is 2.40. The molecule has 41 heavy (non-hydrogen) atoms. The van der Waals surface area contributed by atoms with Gasteiger partial charge in [0.25, 0.3) is 5.91 Å². The topological polar surface area (TPSA) is 170 Å². The molecule has 5 rings (SSSR count). The third-order valence-electron chi connectivity index (χ3n) is 7.22. The number of methoxy groups -OCH3 is 1. The van der Waals surface area contributed by atoms with Crippen LogP contribution in [0.3, 0.4) is 0 Å². The number of aromatic amines is 2. The molecule has 0 spiro atoms. The van der Waals surface area contributed by atoms with Gasteiger partial charge in [-0.25, -0.2) is 9.78 Å². The number of carboxylic acids is 1. The minimum Gasteiger partial charge on any atom is -0.497 e. The Kier molecular flexibility index (Phi) is 7.55. The summed E-state index contributed by atoms with van der Waals surface area (Å²) in [5.41, 5.74) is 10.6. The second-order valence-corrected chi connectivity index (χ2v) is 9.62. The van der Waals surface area contributed by atoms with Gasteiger partial charge in [-0.2, -0.15) is 0 Å². The fourth-order valence-electron chi connectivity index (χ4n) is 5.17. The van der Waals surface area contributed by atoms with Crippen molar-refractivity contribution in [2.75, 3.05) is 7.11 Å². The van der Waals surface area contributed by atoms with Crippen molar-refractivity contribution in [1.29, 1.82) is 5.41 Å². The number of nitrogen functional groups attached to an aromatic ring is 1. The number of benzene rings is 3. The predicted molar refractivity (Wildman–Crippen MR) is 157 cm³/mol. The third-order valence-corrected chi connectivity index (χ3v) is 7.22. The quantitative estimate of drug-likeness (QED) is 0.105. The third kappa shape index (κ3) is 5.40. The number of aromatic nitrogens is 3. The van der Waals surface area contributed by atoms with Gasteiger partial charge < -0.3 is 30.9 Å². The molecule has 5 aromatic rings. The summed E-state index contributed by atoms with van der Waals surface area (Å²) >= 11 is 0. The lowest BCUT2D eigenvalue weighted by molar-refractivity contribution is 0.0697. The number of imidazole rings is 1. The standard InChI is InChI=1S/C31H30N6O4/c1-3-20(26-15-36-27-13-17(29(32)33)4-8-23(26)27)21-7-5-18(30(38)37-16-28-34-10-11-35-28)12-24(21)22-9-6-19(41-2)14-25(22)31(39)40/h4-15,20,36H,3,16H2,1-2H3,(H3,32,33)(H,34,35)(H,37,38)(H,39,40). The number of carboxylic acid groups (broad SMARTS) is 1. The molecule has 3 aromatic carbocycles. The molecule has 0 aliphatic rings. The summed E-state index contributed by atoms with van der Waals surface area (Å²) < 4.78 is 5.29. The first-order chi connectivity index (χ1) is 19.8. The SMILES string of the molecule is CCC(c1ccc(C(=O)NCc2ncc[nH]2)cc1-c1ccc(OC)cc1C(=O)O)c1c[nH]c2cc(C(=N)N)ccc12. The highest BCUT2D eigenvalue weighted by atomic mass is 16.5. The van der Waals surface area contributed by atoms with Gasteiger partial charge in [0.05, 0.1) is 19.2 Å². The van der Waals surface area contributed by atoms with E-state index in [2.05, 4.69) is 27.2 Å². The fraction of sp³-hybridized carbons (Fsp3) is 0.161. The van der Waals surface area contributed by atoms with Gasteiger partial charge in [0, 0.05) is 46.5 Å². The molecule has 0 aliphatic heterocycles. The van der Waals surface area contributed by atoms with Crippen LogP contribution in [-0.2, 0) is 6.54 Å². The van der Waals surface area contributed by atoms with E-state index in [4.69, 9.17) is 15.9 Å². The van der Waals surface area contributed by atoms with Crippen LogP contribution in [0.4, 0.5) is 0 Å². The second kappa shape index (κ2) is 11.4. The molecule has 2 heterocycles. The minimum atomic E-state index is -1.10. The van der Waals surface area contributed by atoms with E-state index in [0.717, 1.165) is 22.0 Å². The van der Waals surface area contributed by atoms with Gasteiger partial charge in [-0.05, 0) is 65.1 Å². The Morgan fingerprint density at radius 3 is 2.54 bits per heavy atom. The molecular formula is C31H30N6O4. The smallest absolute Gasteiger partial charge is 0.336 e. The number of ether oxygens (including phenoxy) is 1. The number of H-pyrrole nitrogens is 2. The second-order valence-electron chi connectivity index (χ2n) is 9.62. The van der Waals surface area contributed by atoms with E-state index in [-0.39, 0.29) is 29.8 Å². The van der Waals surface area contributed by atoms with Crippen molar-refractivity contribution in [3.63, 3.8) is 0 Å². The first-order valence-corrected chi connectivity index (χ1v) is 13.1. The van der Waals surface area contributed by atoms with Crippen LogP contribution in [0.25, 0.3) is 22.0 Å². The first-order valence-electron chi connectivity index (χ1n) is 13.1. The number of hydrogen-bond donors (Lipinski definition) is 6. The molecule has 0 saturated heterocycles. The van der Waals surface area contributed by atoms with Gasteiger partial charge in [0.15, 0.2) is 0 Å². The number of carbonyl (C=O) groups is 2. The van der Waals surface area contributed by atoms with Crippen molar-refractivity contribution >= 4 is 28.6 Å². The Morgan fingerprint density at radius 2 is 1.85 bits per heavy atom. The number of nitrogens with zero attached hydrogens (tertiary/aromatic N) is 1. The lowest BCUT2D eigenvalue weighted by Crippen LogP contribution is -2.23. The molecule has 0 bridgehead atoms. The molecule has 208 valence electrons. The summed E-state index contributed by atoms with van der Waals surface area (Å²) in [7, 11) is 1.48. The highest BCUT2D eigenvalue weighted by molar-refractivity contribution is 6.01. The highest BCUT2D eigenvalue weighted by Gasteiger charge is 2.24. The number of hydrogen-bond acceptors (Lipinski definition) is 5. The Hall–Kier alpha value is -5.38. The fourth-order valence-corrected chi connectivity index (χ4v) is 5.17. The maximum absolute atomic E-state index is 13.2. The predicted octanol–water partition coefficient (Wildman–Crippen LogP) is 5.02. The van der Waals surface area contributed by atoms with E-state index in [9.17, 15) is 14.7 Å². The van der Waals surface area contributed by atoms with Crippen molar-refractivity contribution in [1.82, 2.24) is 20.3 Å². The average molecular weight is 551 g/mol. The number of amidine groups is 1. The van der Waals surface area contributed by atoms with E-state index in [1.807, 2.05) is 30.5 Å². The van der Waals surface area contributed by atoms with Crippen LogP contribution in [0.2, 0.25) is 0 Å². The summed E-state index contributed by atoms with van der Waals surface area (Å²) in [5.74, 6) is -0.516. The number of nitrogens with one attached hydrogen (secondary N) is 4. The molecule has 1 amide bonds. The van der Waals surface area contributed by atoms with Crippen LogP contribution in [0, 0.1) is 5.41 Å². The summed E-state index contributed by atoms with van der Waals surface area (Å²) in [6.45, 7) is 2.29. The zero-order chi connectivity index (χ0) is 29.1. The molecule has 0 aliphatic carbocycles. The number of nitrogens with two attached hydrogens (primary N) is 1. The van der Waals surface area contributed by atoms with Gasteiger partial charge in [-0.15, -0.1) is 0 Å². The van der Waals surface area contributed by atoms with E-state index < -0.39 is 5.97 Å². The minimum absolute atomic E-state index is 0.0148. The molecule has 0 radical (unpaired) electrons. The summed E-state index contributed by atoms with van der Waals surface area (Å²) in [5, 5.41) is 21.7. The molecule has 1 atom stereocenters. The van der Waals surface area contributed by atoms with Crippen LogP contribution >= 0.6 is 0 Å². The Bertz CT molecular complexity index is 1760. The molecule has 0 fully saturated rings. The molecule has 7 N–H and O–H groups in total. The van der Waals surface area contributed by atoms with Crippen LogP contribution in [0.1, 0.15) is 62.5 Å². The molecule has 2 aromatic heterocycles. The molecule has 10 nitrogen and oxygen atoms in total. The van der Waals surface area contributed by atoms with Crippen LogP contribution in [0.5, 0.6) is 5.75 Å². The van der Waals surface area contributed by atoms with Gasteiger partial charge in [-0.3, -0.25) is 10.2 Å². The van der Waals surface area contributed by atoms with Gasteiger partial charge in [-0.1, -0.05) is 25.1 Å². The normalized spacial score (nSPS) is 11.8. The van der Waals surface area contributed by atoms with E-state index in [1.54, 1.807) is 36.7 Å². The lowest BCUT2D eigenvalue weighted by Gasteiger charge is -2.22. The molecule has 10 heteroatoms. The van der Waals surface area contributed by atoms with Crippen molar-refractivity contribution in [2.45, 2.75) is 25.8 Å². The molecule has 1 unspecified atom stereocenters. The number of fused-ring (bicyclic) bond motifs is 1. The zero-order valence-corrected chi connectivity index (χ0v) is 22.6. The van der Waals surface area contributed by atoms with Crippen LogP contribution in [0.15, 0.2) is 73.2 Å². The average Bonchev–Trinajstić information content (AvgIpc) is 3.66. The number of carbonyl (C=O) groups excluding carboxylic acids is 1. The van der Waals surface area contributed by atoms with Gasteiger partial charge >= 0.3 is 5.97 Å². The zero-order valence-electron chi connectivity index (χ0n) is 22.6. The maximum atomic E-state index is 13.2. The monoisotopic (exact) mass is 550 g/mol. The molecule has 0 saturated carbocycles.